The number of aromatic nitrogens is 4. The Kier molecular flexibility index (Phi) is 3.19. The Morgan fingerprint density at radius 3 is 2.50 bits per heavy atom. The number of hydrogen-bond acceptors (Lipinski definition) is 5. The van der Waals surface area contributed by atoms with Crippen LogP contribution < -0.4 is 0 Å². The first-order chi connectivity index (χ1) is 10.8. The van der Waals surface area contributed by atoms with Gasteiger partial charge in [0, 0.05) is 23.7 Å². The molecule has 7 heteroatoms. The van der Waals surface area contributed by atoms with Crippen molar-refractivity contribution in [2.45, 2.75) is 5.16 Å². The lowest BCUT2D eigenvalue weighted by molar-refractivity contribution is 0.627. The summed E-state index contributed by atoms with van der Waals surface area (Å²) in [5, 5.41) is 13.7. The van der Waals surface area contributed by atoms with Gasteiger partial charge in [-0.25, -0.2) is 4.39 Å². The van der Waals surface area contributed by atoms with Crippen molar-refractivity contribution in [1.82, 2.24) is 19.9 Å². The Morgan fingerprint density at radius 2 is 1.73 bits per heavy atom. The fourth-order valence-electron chi connectivity index (χ4n) is 2.19. The lowest BCUT2D eigenvalue weighted by atomic mass is 10.1. The Hall–Kier alpha value is -2.54. The van der Waals surface area contributed by atoms with E-state index in [1.165, 1.54) is 12.1 Å². The van der Waals surface area contributed by atoms with Crippen LogP contribution in [0.2, 0.25) is 0 Å². The molecule has 0 saturated heterocycles. The van der Waals surface area contributed by atoms with Crippen LogP contribution in [0.1, 0.15) is 5.56 Å². The van der Waals surface area contributed by atoms with Gasteiger partial charge in [-0.05, 0) is 29.8 Å². The predicted molar refractivity (Wildman–Crippen MR) is 82.3 cm³/mol. The number of thioether (sulfide) groups is 1. The summed E-state index contributed by atoms with van der Waals surface area (Å²) >= 11 is 1.56. The Balaban J connectivity index is 1.79. The summed E-state index contributed by atoms with van der Waals surface area (Å²) in [6.07, 6.45) is 3.41. The molecule has 0 spiro atoms. The third-order valence-electron chi connectivity index (χ3n) is 3.29. The lowest BCUT2D eigenvalue weighted by Crippen LogP contribution is -2.13. The molecule has 3 aromatic rings. The van der Waals surface area contributed by atoms with Crippen LogP contribution in [0.15, 0.2) is 59.0 Å². The van der Waals surface area contributed by atoms with Gasteiger partial charge < -0.3 is 0 Å². The summed E-state index contributed by atoms with van der Waals surface area (Å²) < 4.78 is 14.8. The third-order valence-corrected chi connectivity index (χ3v) is 4.22. The van der Waals surface area contributed by atoms with Gasteiger partial charge in [-0.2, -0.15) is 9.78 Å². The van der Waals surface area contributed by atoms with Crippen LogP contribution >= 0.6 is 11.8 Å². The molecule has 0 N–H and O–H groups in total. The van der Waals surface area contributed by atoms with Crippen molar-refractivity contribution in [1.29, 1.82) is 0 Å². The highest BCUT2D eigenvalue weighted by Crippen LogP contribution is 2.28. The summed E-state index contributed by atoms with van der Waals surface area (Å²) in [4.78, 5) is 4.00. The first-order valence-corrected chi connectivity index (χ1v) is 7.62. The SMILES string of the molecule is Fc1ccc(C2=Nn3c(nnc3-c3ccncc3)SC2)cc1. The number of fused-ring (bicyclic) bond motifs is 1. The maximum Gasteiger partial charge on any atom is 0.212 e. The molecule has 0 aliphatic carbocycles. The Labute approximate surface area is 129 Å². The molecule has 0 saturated carbocycles. The first-order valence-electron chi connectivity index (χ1n) is 6.64. The molecular weight excluding hydrogens is 301 g/mol. The number of nitrogens with zero attached hydrogens (tertiary/aromatic N) is 5. The van der Waals surface area contributed by atoms with Crippen LogP contribution in [0.5, 0.6) is 0 Å². The van der Waals surface area contributed by atoms with E-state index in [2.05, 4.69) is 20.3 Å². The molecular formula is C15H10FN5S. The van der Waals surface area contributed by atoms with Gasteiger partial charge in [-0.3, -0.25) is 4.98 Å². The van der Waals surface area contributed by atoms with Gasteiger partial charge in [-0.15, -0.1) is 10.2 Å². The fourth-order valence-corrected chi connectivity index (χ4v) is 3.03. The van der Waals surface area contributed by atoms with Crippen molar-refractivity contribution in [3.8, 4) is 11.4 Å². The largest absolute Gasteiger partial charge is 0.265 e. The van der Waals surface area contributed by atoms with Crippen LogP contribution in [0.3, 0.4) is 0 Å². The predicted octanol–water partition coefficient (Wildman–Crippen LogP) is 2.84. The van der Waals surface area contributed by atoms with Gasteiger partial charge in [-0.1, -0.05) is 23.9 Å². The molecule has 2 aromatic heterocycles. The molecule has 0 bridgehead atoms. The van der Waals surface area contributed by atoms with E-state index in [0.29, 0.717) is 11.6 Å². The van der Waals surface area contributed by atoms with Gasteiger partial charge in [0.2, 0.25) is 5.16 Å². The van der Waals surface area contributed by atoms with E-state index in [4.69, 9.17) is 0 Å². The summed E-state index contributed by atoms with van der Waals surface area (Å²) in [5.74, 6) is 1.10. The minimum Gasteiger partial charge on any atom is -0.265 e. The smallest absolute Gasteiger partial charge is 0.212 e. The molecule has 0 unspecified atom stereocenters. The Morgan fingerprint density at radius 1 is 0.955 bits per heavy atom. The second-order valence-corrected chi connectivity index (χ2v) is 5.64. The maximum atomic E-state index is 13.1. The van der Waals surface area contributed by atoms with Gasteiger partial charge in [0.15, 0.2) is 5.82 Å². The number of hydrogen-bond donors (Lipinski definition) is 0. The Bertz CT molecular complexity index is 842. The molecule has 0 fully saturated rings. The lowest BCUT2D eigenvalue weighted by Gasteiger charge is -2.13. The van der Waals surface area contributed by atoms with Crippen LogP contribution in [0.25, 0.3) is 11.4 Å². The van der Waals surface area contributed by atoms with Crippen LogP contribution in [0, 0.1) is 5.82 Å². The number of pyridine rings is 1. The van der Waals surface area contributed by atoms with Crippen molar-refractivity contribution >= 4 is 17.5 Å². The highest BCUT2D eigenvalue weighted by molar-refractivity contribution is 7.99. The second-order valence-electron chi connectivity index (χ2n) is 4.70. The molecule has 0 atom stereocenters. The van der Waals surface area contributed by atoms with E-state index in [0.717, 1.165) is 22.0 Å². The molecule has 108 valence electrons. The molecule has 0 amide bonds. The minimum absolute atomic E-state index is 0.254. The second kappa shape index (κ2) is 5.34. The summed E-state index contributed by atoms with van der Waals surface area (Å²) in [6, 6.07) is 10.1. The fraction of sp³-hybridized carbons (Fsp3) is 0.0667. The zero-order chi connectivity index (χ0) is 14.9. The van der Waals surface area contributed by atoms with E-state index in [-0.39, 0.29) is 5.82 Å². The minimum atomic E-state index is -0.254. The average molecular weight is 311 g/mol. The zero-order valence-electron chi connectivity index (χ0n) is 11.3. The summed E-state index contributed by atoms with van der Waals surface area (Å²) in [5.41, 5.74) is 2.67. The number of halogens is 1. The van der Waals surface area contributed by atoms with Gasteiger partial charge >= 0.3 is 0 Å². The molecule has 0 radical (unpaired) electrons. The highest BCUT2D eigenvalue weighted by Gasteiger charge is 2.20. The number of benzene rings is 1. The highest BCUT2D eigenvalue weighted by atomic mass is 32.2. The first kappa shape index (κ1) is 13.1. The van der Waals surface area contributed by atoms with Crippen molar-refractivity contribution in [2.75, 3.05) is 5.75 Å². The van der Waals surface area contributed by atoms with Crippen molar-refractivity contribution in [3.63, 3.8) is 0 Å². The monoisotopic (exact) mass is 311 g/mol. The summed E-state index contributed by atoms with van der Waals surface area (Å²) in [7, 11) is 0. The third kappa shape index (κ3) is 2.29. The topological polar surface area (TPSA) is 56.0 Å². The van der Waals surface area contributed by atoms with Gasteiger partial charge in [0.1, 0.15) is 5.82 Å². The van der Waals surface area contributed by atoms with Gasteiger partial charge in [0.05, 0.1) is 5.71 Å². The van der Waals surface area contributed by atoms with E-state index < -0.39 is 0 Å². The van der Waals surface area contributed by atoms with Crippen molar-refractivity contribution < 1.29 is 4.39 Å². The van der Waals surface area contributed by atoms with Crippen LogP contribution in [-0.2, 0) is 0 Å². The molecule has 22 heavy (non-hydrogen) atoms. The molecule has 5 nitrogen and oxygen atoms in total. The molecule has 4 rings (SSSR count). The van der Waals surface area contributed by atoms with E-state index in [1.807, 2.05) is 12.1 Å². The molecule has 1 aliphatic heterocycles. The standard InChI is InChI=1S/C15H10FN5S/c16-12-3-1-10(2-4-12)13-9-22-15-19-18-14(21(15)20-13)11-5-7-17-8-6-11/h1-8H,9H2. The van der Waals surface area contributed by atoms with E-state index >= 15 is 0 Å². The molecule has 1 aromatic carbocycles. The number of rotatable bonds is 2. The quantitative estimate of drug-likeness (QED) is 0.730. The van der Waals surface area contributed by atoms with Crippen molar-refractivity contribution in [2.24, 2.45) is 5.10 Å². The van der Waals surface area contributed by atoms with Crippen molar-refractivity contribution in [3.05, 3.63) is 60.2 Å². The summed E-state index contributed by atoms with van der Waals surface area (Å²) in [6.45, 7) is 0. The van der Waals surface area contributed by atoms with Crippen LogP contribution in [0.4, 0.5) is 4.39 Å². The molecule has 1 aliphatic rings. The average Bonchev–Trinajstić information content (AvgIpc) is 2.99. The van der Waals surface area contributed by atoms with Crippen LogP contribution in [-0.4, -0.2) is 31.3 Å². The maximum absolute atomic E-state index is 13.1. The molecule has 3 heterocycles. The van der Waals surface area contributed by atoms with Gasteiger partial charge in [0.25, 0.3) is 0 Å². The van der Waals surface area contributed by atoms with E-state index in [1.54, 1.807) is 41.0 Å². The zero-order valence-corrected chi connectivity index (χ0v) is 12.2. The normalized spacial score (nSPS) is 13.6. The van der Waals surface area contributed by atoms with E-state index in [9.17, 15) is 4.39 Å².